The van der Waals surface area contributed by atoms with E-state index >= 15 is 0 Å². The van der Waals surface area contributed by atoms with Gasteiger partial charge in [-0.05, 0) is 36.8 Å². The first kappa shape index (κ1) is 20.9. The van der Waals surface area contributed by atoms with E-state index in [4.69, 9.17) is 18.6 Å². The Hall–Kier alpha value is -2.42. The van der Waals surface area contributed by atoms with Crippen molar-refractivity contribution in [1.82, 2.24) is 0 Å². The summed E-state index contributed by atoms with van der Waals surface area (Å²) in [7, 11) is -0.830. The Morgan fingerprint density at radius 3 is 2.26 bits per heavy atom. The summed E-state index contributed by atoms with van der Waals surface area (Å²) in [6.07, 6.45) is 8.64. The summed E-state index contributed by atoms with van der Waals surface area (Å²) in [5.41, 5.74) is 3.73. The van der Waals surface area contributed by atoms with Crippen LogP contribution < -0.4 is 33.4 Å². The number of nitrogens with one attached hydrogen (secondary N) is 1. The Morgan fingerprint density at radius 2 is 1.67 bits per heavy atom. The number of halogens is 1. The molecule has 1 N–H and O–H groups in total. The van der Waals surface area contributed by atoms with Crippen LogP contribution in [0.5, 0.6) is 0 Å². The van der Waals surface area contributed by atoms with Gasteiger partial charge in [-0.25, -0.2) is 28.5 Å². The highest BCUT2D eigenvalue weighted by Gasteiger charge is 2.22. The van der Waals surface area contributed by atoms with Gasteiger partial charge in [0.1, 0.15) is 6.04 Å². The molecule has 0 fully saturated rings. The van der Waals surface area contributed by atoms with Crippen LogP contribution in [0.25, 0.3) is 6.08 Å². The number of aromatic nitrogens is 1. The zero-order valence-corrected chi connectivity index (χ0v) is 16.1. The highest BCUT2D eigenvalue weighted by Crippen LogP contribution is 2.21. The van der Waals surface area contributed by atoms with Crippen LogP contribution in [-0.4, -0.2) is 14.1 Å². The van der Waals surface area contributed by atoms with Crippen LogP contribution in [0.4, 0.5) is 11.5 Å². The maximum absolute atomic E-state index is 8.49. The lowest BCUT2D eigenvalue weighted by molar-refractivity contribution is -2.00. The lowest BCUT2D eigenvalue weighted by Gasteiger charge is -2.18. The van der Waals surface area contributed by atoms with Crippen LogP contribution in [0, 0.1) is 10.2 Å². The third kappa shape index (κ3) is 6.67. The molecule has 0 aliphatic carbocycles. The summed E-state index contributed by atoms with van der Waals surface area (Å²) in [6, 6.07) is 15.1. The minimum Gasteiger partial charge on any atom is -0.378 e. The predicted molar refractivity (Wildman–Crippen MR) is 92.9 cm³/mol. The molecule has 1 unspecified atom stereocenters. The molecule has 3 rings (SSSR count). The fraction of sp³-hybridized carbons (Fsp3) is 0.211. The molecule has 144 valence electrons. The Morgan fingerprint density at radius 1 is 1.04 bits per heavy atom. The molecule has 1 atom stereocenters. The van der Waals surface area contributed by atoms with Crippen LogP contribution >= 0.6 is 0 Å². The zero-order chi connectivity index (χ0) is 20.0. The first-order chi connectivity index (χ1) is 12.6. The Kier molecular flexibility index (Phi) is 6.95. The van der Waals surface area contributed by atoms with Crippen molar-refractivity contribution in [3.8, 4) is 0 Å². The quantitative estimate of drug-likeness (QED) is 0.662. The molecule has 0 saturated heterocycles. The summed E-state index contributed by atoms with van der Waals surface area (Å²) in [4.78, 5) is 2.11. The van der Waals surface area contributed by atoms with Gasteiger partial charge < -0.3 is 4.90 Å². The van der Waals surface area contributed by atoms with Crippen LogP contribution in [-0.2, 0) is 0 Å². The predicted octanol–water partition coefficient (Wildman–Crippen LogP) is -1.13. The lowest BCUT2D eigenvalue weighted by atomic mass is 10.1. The van der Waals surface area contributed by atoms with E-state index in [-0.39, 0.29) is 6.04 Å². The number of pyridine rings is 1. The standard InChI is InChI=1S/C19H21N3.ClHO4/c1-15-14-20-19-6-4-5-13-22(19)18(15)12-9-16-7-10-17(11-8-16)21(2)3;2-1(3,4)5/h4-14,18H,1-3H3;(H,2,3,4,5). The average Bonchev–Trinajstić information content (AvgIpc) is 2.60. The fourth-order valence-corrected chi connectivity index (χ4v) is 2.64. The van der Waals surface area contributed by atoms with E-state index in [2.05, 4.69) is 96.7 Å². The number of allylic oxidation sites excluding steroid dienone is 2. The number of rotatable bonds is 3. The van der Waals surface area contributed by atoms with Crippen molar-refractivity contribution in [3.63, 3.8) is 0 Å². The molecule has 8 heteroatoms. The summed E-state index contributed by atoms with van der Waals surface area (Å²) in [6.45, 7) is 2.15. The summed E-state index contributed by atoms with van der Waals surface area (Å²) in [5.74, 6) is 1.12. The van der Waals surface area contributed by atoms with Crippen molar-refractivity contribution in [2.75, 3.05) is 24.3 Å². The average molecular weight is 392 g/mol. The SMILES string of the molecule is CC1=CNc2cccc[n+]2C1C=Cc1ccc(N(C)C)cc1.[O-][Cl+3]([O-])([O-])[O-]. The van der Waals surface area contributed by atoms with Crippen LogP contribution in [0.1, 0.15) is 18.5 Å². The van der Waals surface area contributed by atoms with Crippen molar-refractivity contribution in [3.05, 3.63) is 72.1 Å². The number of nitrogens with zero attached hydrogens (tertiary/aromatic N) is 2. The molecule has 7 nitrogen and oxygen atoms in total. The maximum Gasteiger partial charge on any atom is 0.279 e. The second kappa shape index (κ2) is 8.98. The maximum atomic E-state index is 8.49. The molecule has 0 saturated carbocycles. The van der Waals surface area contributed by atoms with E-state index in [1.54, 1.807) is 0 Å². The Bertz CT molecular complexity index is 808. The molecule has 0 radical (unpaired) electrons. The van der Waals surface area contributed by atoms with Crippen molar-refractivity contribution in [1.29, 1.82) is 0 Å². The van der Waals surface area contributed by atoms with Gasteiger partial charge in [0.15, 0.2) is 0 Å². The van der Waals surface area contributed by atoms with Gasteiger partial charge >= 0.3 is 0 Å². The molecule has 1 aromatic carbocycles. The minimum atomic E-state index is -4.94. The largest absolute Gasteiger partial charge is 0.378 e. The number of hydrogen-bond donors (Lipinski definition) is 1. The highest BCUT2D eigenvalue weighted by molar-refractivity contribution is 5.56. The third-order valence-corrected chi connectivity index (χ3v) is 3.98. The normalized spacial score (nSPS) is 16.0. The summed E-state index contributed by atoms with van der Waals surface area (Å²) >= 11 is 0. The van der Waals surface area contributed by atoms with Crippen LogP contribution in [0.2, 0.25) is 0 Å². The van der Waals surface area contributed by atoms with Gasteiger partial charge in [-0.15, -0.1) is 10.2 Å². The van der Waals surface area contributed by atoms with Crippen molar-refractivity contribution in [2.45, 2.75) is 13.0 Å². The zero-order valence-electron chi connectivity index (χ0n) is 15.3. The number of hydrogen-bond acceptors (Lipinski definition) is 6. The second-order valence-corrected chi connectivity index (χ2v) is 6.95. The summed E-state index contributed by atoms with van der Waals surface area (Å²) < 4.78 is 36.2. The van der Waals surface area contributed by atoms with Gasteiger partial charge in [-0.3, -0.25) is 0 Å². The van der Waals surface area contributed by atoms with Gasteiger partial charge in [0.2, 0.25) is 0 Å². The fourth-order valence-electron chi connectivity index (χ4n) is 2.64. The van der Waals surface area contributed by atoms with Gasteiger partial charge in [-0.2, -0.15) is 0 Å². The molecule has 2 heterocycles. The molecular weight excluding hydrogens is 370 g/mol. The van der Waals surface area contributed by atoms with Crippen molar-refractivity contribution >= 4 is 17.6 Å². The molecule has 0 bridgehead atoms. The molecule has 2 aromatic rings. The van der Waals surface area contributed by atoms with E-state index < -0.39 is 10.2 Å². The molecule has 0 spiro atoms. The lowest BCUT2D eigenvalue weighted by Crippen LogP contribution is -2.68. The highest BCUT2D eigenvalue weighted by atomic mass is 35.7. The van der Waals surface area contributed by atoms with E-state index in [0.717, 1.165) is 5.82 Å². The molecule has 1 aliphatic heterocycles. The van der Waals surface area contributed by atoms with E-state index in [0.29, 0.717) is 0 Å². The molecule has 1 aliphatic rings. The van der Waals surface area contributed by atoms with Gasteiger partial charge in [0.25, 0.3) is 5.82 Å². The van der Waals surface area contributed by atoms with Crippen molar-refractivity contribution < 1.29 is 33.4 Å². The monoisotopic (exact) mass is 391 g/mol. The number of benzene rings is 1. The first-order valence-electron chi connectivity index (χ1n) is 8.16. The number of fused-ring (bicyclic) bond motifs is 1. The molecule has 27 heavy (non-hydrogen) atoms. The second-order valence-electron chi connectivity index (χ2n) is 6.19. The molecular formula is C19H22ClN3O4. The van der Waals surface area contributed by atoms with Gasteiger partial charge in [-0.1, -0.05) is 24.3 Å². The topological polar surface area (TPSA) is 111 Å². The molecule has 0 amide bonds. The number of anilines is 2. The van der Waals surface area contributed by atoms with E-state index in [9.17, 15) is 0 Å². The Labute approximate surface area is 160 Å². The van der Waals surface area contributed by atoms with Gasteiger partial charge in [0, 0.05) is 31.4 Å². The molecule has 1 aromatic heterocycles. The smallest absolute Gasteiger partial charge is 0.279 e. The third-order valence-electron chi connectivity index (χ3n) is 3.98. The first-order valence-corrected chi connectivity index (χ1v) is 9.39. The minimum absolute atomic E-state index is 0.256. The Balaban J connectivity index is 0.000000465. The van der Waals surface area contributed by atoms with Crippen LogP contribution in [0.3, 0.4) is 0 Å². The summed E-state index contributed by atoms with van der Waals surface area (Å²) in [5, 5.41) is 3.32. The van der Waals surface area contributed by atoms with Crippen LogP contribution in [0.15, 0.2) is 66.5 Å². The van der Waals surface area contributed by atoms with Crippen molar-refractivity contribution in [2.24, 2.45) is 0 Å². The van der Waals surface area contributed by atoms with E-state index in [1.807, 2.05) is 6.07 Å². The van der Waals surface area contributed by atoms with Gasteiger partial charge in [0.05, 0.1) is 12.4 Å². The van der Waals surface area contributed by atoms with E-state index in [1.165, 1.54) is 16.8 Å².